The second-order valence-electron chi connectivity index (χ2n) is 3.45. The Bertz CT molecular complexity index is 354. The Balaban J connectivity index is 2.91. The maximum atomic E-state index is 11.7. The number of rotatable bonds is 5. The summed E-state index contributed by atoms with van der Waals surface area (Å²) in [6.07, 6.45) is 0.758. The Hall–Kier alpha value is -0.390. The quantitative estimate of drug-likeness (QED) is 0.850. The van der Waals surface area contributed by atoms with Crippen LogP contribution in [-0.4, -0.2) is 20.1 Å². The summed E-state index contributed by atoms with van der Waals surface area (Å²) in [7, 11) is 3.30. The van der Waals surface area contributed by atoms with Crippen LogP contribution >= 0.6 is 27.3 Å². The van der Waals surface area contributed by atoms with Gasteiger partial charge in [0.25, 0.3) is 0 Å². The zero-order chi connectivity index (χ0) is 12.1. The molecule has 2 atom stereocenters. The van der Waals surface area contributed by atoms with Gasteiger partial charge in [-0.05, 0) is 41.5 Å². The molecule has 0 aliphatic rings. The first-order valence-corrected chi connectivity index (χ1v) is 6.75. The molecule has 0 aromatic carbocycles. The normalized spacial score (nSPS) is 14.5. The summed E-state index contributed by atoms with van der Waals surface area (Å²) in [5.74, 6) is -0.299. The van der Waals surface area contributed by atoms with Crippen LogP contribution in [0.15, 0.2) is 15.9 Å². The molecule has 0 amide bonds. The van der Waals surface area contributed by atoms with Gasteiger partial charge in [0.1, 0.15) is 0 Å². The van der Waals surface area contributed by atoms with Gasteiger partial charge in [-0.15, -0.1) is 11.3 Å². The maximum Gasteiger partial charge on any atom is 0.310 e. The predicted octanol–water partition coefficient (Wildman–Crippen LogP) is 2.97. The number of methoxy groups -OCH3 is 1. The van der Waals surface area contributed by atoms with Crippen LogP contribution in [0.1, 0.15) is 24.3 Å². The van der Waals surface area contributed by atoms with Gasteiger partial charge in [-0.25, -0.2) is 0 Å². The third-order valence-electron chi connectivity index (χ3n) is 2.56. The smallest absolute Gasteiger partial charge is 0.310 e. The van der Waals surface area contributed by atoms with Crippen LogP contribution in [0.5, 0.6) is 0 Å². The van der Waals surface area contributed by atoms with E-state index in [4.69, 9.17) is 4.74 Å². The lowest BCUT2D eigenvalue weighted by Crippen LogP contribution is -2.30. The molecule has 0 radical (unpaired) electrons. The molecule has 0 aliphatic carbocycles. The second-order valence-corrected chi connectivity index (χ2v) is 5.94. The van der Waals surface area contributed by atoms with Crippen molar-refractivity contribution in [3.05, 3.63) is 20.8 Å². The van der Waals surface area contributed by atoms with Gasteiger partial charge >= 0.3 is 5.97 Å². The Labute approximate surface area is 108 Å². The Morgan fingerprint density at radius 3 is 2.69 bits per heavy atom. The van der Waals surface area contributed by atoms with E-state index in [0.717, 1.165) is 15.1 Å². The number of esters is 1. The number of nitrogens with one attached hydrogen (secondary N) is 1. The number of ether oxygens (including phenoxy) is 1. The molecule has 90 valence electrons. The Morgan fingerprint density at radius 2 is 2.31 bits per heavy atom. The van der Waals surface area contributed by atoms with E-state index in [0.29, 0.717) is 0 Å². The topological polar surface area (TPSA) is 38.3 Å². The number of thiophene rings is 1. The molecule has 16 heavy (non-hydrogen) atoms. The van der Waals surface area contributed by atoms with Crippen molar-refractivity contribution in [3.63, 3.8) is 0 Å². The van der Waals surface area contributed by atoms with Crippen molar-refractivity contribution in [2.45, 2.75) is 19.4 Å². The first kappa shape index (κ1) is 13.7. The highest BCUT2D eigenvalue weighted by Gasteiger charge is 2.28. The van der Waals surface area contributed by atoms with Crippen molar-refractivity contribution in [3.8, 4) is 0 Å². The van der Waals surface area contributed by atoms with Gasteiger partial charge < -0.3 is 10.1 Å². The highest BCUT2D eigenvalue weighted by atomic mass is 79.9. The monoisotopic (exact) mass is 305 g/mol. The van der Waals surface area contributed by atoms with Crippen molar-refractivity contribution in [1.29, 1.82) is 0 Å². The molecule has 0 bridgehead atoms. The summed E-state index contributed by atoms with van der Waals surface area (Å²) in [4.78, 5) is 12.8. The highest BCUT2D eigenvalue weighted by molar-refractivity contribution is 9.11. The van der Waals surface area contributed by atoms with Gasteiger partial charge in [0.2, 0.25) is 0 Å². The average molecular weight is 306 g/mol. The predicted molar refractivity (Wildman–Crippen MR) is 69.6 cm³/mol. The first-order chi connectivity index (χ1) is 7.63. The van der Waals surface area contributed by atoms with Gasteiger partial charge in [0.05, 0.1) is 22.9 Å². The number of halogens is 1. The Morgan fingerprint density at radius 1 is 1.62 bits per heavy atom. The summed E-state index contributed by atoms with van der Waals surface area (Å²) >= 11 is 5.07. The van der Waals surface area contributed by atoms with E-state index in [1.807, 2.05) is 26.1 Å². The van der Waals surface area contributed by atoms with E-state index in [2.05, 4.69) is 21.2 Å². The average Bonchev–Trinajstić information content (AvgIpc) is 2.71. The van der Waals surface area contributed by atoms with E-state index in [9.17, 15) is 4.79 Å². The molecule has 3 nitrogen and oxygen atoms in total. The largest absolute Gasteiger partial charge is 0.469 e. The molecule has 1 aromatic heterocycles. The lowest BCUT2D eigenvalue weighted by Gasteiger charge is -2.22. The molecule has 1 heterocycles. The molecule has 1 aromatic rings. The third-order valence-corrected chi connectivity index (χ3v) is 4.26. The van der Waals surface area contributed by atoms with E-state index in [1.54, 1.807) is 11.3 Å². The van der Waals surface area contributed by atoms with Crippen molar-refractivity contribution < 1.29 is 9.53 Å². The molecule has 0 saturated heterocycles. The number of carbonyl (C=O) groups is 1. The highest BCUT2D eigenvalue weighted by Crippen LogP contribution is 2.33. The van der Waals surface area contributed by atoms with Crippen LogP contribution in [0.3, 0.4) is 0 Å². The minimum Gasteiger partial charge on any atom is -0.469 e. The van der Waals surface area contributed by atoms with Crippen LogP contribution in [0.25, 0.3) is 0 Å². The molecular formula is C11H16BrNO2S. The standard InChI is InChI=1S/C11H16BrNO2S/c1-4-7(11(14)15-3)10(13-2)8-5-6-9(12)16-8/h5-7,10,13H,4H2,1-3H3. The van der Waals surface area contributed by atoms with E-state index < -0.39 is 0 Å². The molecule has 1 rings (SSSR count). The van der Waals surface area contributed by atoms with E-state index in [-0.39, 0.29) is 17.9 Å². The van der Waals surface area contributed by atoms with Crippen LogP contribution < -0.4 is 5.32 Å². The summed E-state index contributed by atoms with van der Waals surface area (Å²) in [5, 5.41) is 3.19. The van der Waals surface area contributed by atoms with Crippen molar-refractivity contribution in [2.24, 2.45) is 5.92 Å². The molecule has 0 fully saturated rings. The van der Waals surface area contributed by atoms with Gasteiger partial charge in [0, 0.05) is 4.88 Å². The minimum absolute atomic E-state index is 0.0220. The number of hydrogen-bond acceptors (Lipinski definition) is 4. The van der Waals surface area contributed by atoms with Gasteiger partial charge in [-0.2, -0.15) is 0 Å². The fourth-order valence-corrected chi connectivity index (χ4v) is 3.33. The molecule has 0 saturated carbocycles. The summed E-state index contributed by atoms with van der Waals surface area (Å²) in [5.41, 5.74) is 0. The van der Waals surface area contributed by atoms with Crippen LogP contribution in [0, 0.1) is 5.92 Å². The summed E-state index contributed by atoms with van der Waals surface area (Å²) < 4.78 is 5.90. The fourth-order valence-electron chi connectivity index (χ4n) is 1.73. The maximum absolute atomic E-state index is 11.7. The molecule has 1 N–H and O–H groups in total. The number of hydrogen-bond donors (Lipinski definition) is 1. The zero-order valence-electron chi connectivity index (χ0n) is 9.62. The van der Waals surface area contributed by atoms with Crippen LogP contribution in [-0.2, 0) is 9.53 Å². The first-order valence-electron chi connectivity index (χ1n) is 5.14. The lowest BCUT2D eigenvalue weighted by molar-refractivity contribution is -0.146. The summed E-state index contributed by atoms with van der Waals surface area (Å²) in [6.45, 7) is 1.99. The van der Waals surface area contributed by atoms with Crippen LogP contribution in [0.2, 0.25) is 0 Å². The van der Waals surface area contributed by atoms with Crippen molar-refractivity contribution >= 4 is 33.2 Å². The lowest BCUT2D eigenvalue weighted by atomic mass is 9.96. The molecule has 2 unspecified atom stereocenters. The van der Waals surface area contributed by atoms with Gasteiger partial charge in [-0.3, -0.25) is 4.79 Å². The molecular weight excluding hydrogens is 290 g/mol. The minimum atomic E-state index is -0.161. The number of carbonyl (C=O) groups excluding carboxylic acids is 1. The third kappa shape index (κ3) is 3.06. The SMILES string of the molecule is CCC(C(=O)OC)C(NC)c1ccc(Br)s1. The Kier molecular flexibility index (Phi) is 5.44. The second kappa shape index (κ2) is 6.37. The van der Waals surface area contributed by atoms with Gasteiger partial charge in [0.15, 0.2) is 0 Å². The fraction of sp³-hybridized carbons (Fsp3) is 0.545. The van der Waals surface area contributed by atoms with Crippen molar-refractivity contribution in [1.82, 2.24) is 5.32 Å². The van der Waals surface area contributed by atoms with Crippen LogP contribution in [0.4, 0.5) is 0 Å². The van der Waals surface area contributed by atoms with Gasteiger partial charge in [-0.1, -0.05) is 6.92 Å². The molecule has 0 spiro atoms. The molecule has 0 aliphatic heterocycles. The summed E-state index contributed by atoms with van der Waals surface area (Å²) in [6, 6.07) is 4.05. The molecule has 5 heteroatoms. The van der Waals surface area contributed by atoms with E-state index in [1.165, 1.54) is 7.11 Å². The zero-order valence-corrected chi connectivity index (χ0v) is 12.0. The van der Waals surface area contributed by atoms with Crippen molar-refractivity contribution in [2.75, 3.05) is 14.2 Å². The van der Waals surface area contributed by atoms with E-state index >= 15 is 0 Å².